The van der Waals surface area contributed by atoms with E-state index in [1.54, 1.807) is 6.07 Å². The molecule has 1 aliphatic rings. The normalized spacial score (nSPS) is 27.1. The summed E-state index contributed by atoms with van der Waals surface area (Å²) in [4.78, 5) is 0. The molecule has 0 spiro atoms. The third-order valence-electron chi connectivity index (χ3n) is 3.61. The molecule has 0 bridgehead atoms. The summed E-state index contributed by atoms with van der Waals surface area (Å²) < 4.78 is 14.0. The Labute approximate surface area is 116 Å². The van der Waals surface area contributed by atoms with Gasteiger partial charge < -0.3 is 5.32 Å². The van der Waals surface area contributed by atoms with Crippen molar-refractivity contribution in [3.05, 3.63) is 27.6 Å². The van der Waals surface area contributed by atoms with Crippen molar-refractivity contribution in [1.82, 2.24) is 0 Å². The molecular formula is C14H19FIN. The predicted molar refractivity (Wildman–Crippen MR) is 78.7 cm³/mol. The predicted octanol–water partition coefficient (Wildman–Crippen LogP) is 4.67. The van der Waals surface area contributed by atoms with Crippen molar-refractivity contribution in [2.24, 2.45) is 11.3 Å². The zero-order chi connectivity index (χ0) is 12.6. The molecule has 1 N–H and O–H groups in total. The second-order valence-electron chi connectivity index (χ2n) is 5.92. The van der Waals surface area contributed by atoms with E-state index in [0.717, 1.165) is 9.26 Å². The third kappa shape index (κ3) is 3.12. The molecule has 94 valence electrons. The maximum absolute atomic E-state index is 13.0. The van der Waals surface area contributed by atoms with Gasteiger partial charge in [0.25, 0.3) is 0 Å². The van der Waals surface area contributed by atoms with E-state index in [1.807, 2.05) is 6.07 Å². The molecule has 3 heteroatoms. The smallest absolute Gasteiger partial charge is 0.124 e. The molecule has 0 radical (unpaired) electrons. The monoisotopic (exact) mass is 347 g/mol. The van der Waals surface area contributed by atoms with Crippen LogP contribution in [0.1, 0.15) is 33.6 Å². The van der Waals surface area contributed by atoms with E-state index in [4.69, 9.17) is 0 Å². The Bertz CT molecular complexity index is 417. The van der Waals surface area contributed by atoms with Crippen LogP contribution in [0, 0.1) is 20.7 Å². The highest BCUT2D eigenvalue weighted by Crippen LogP contribution is 2.42. The average molecular weight is 347 g/mol. The highest BCUT2D eigenvalue weighted by Gasteiger charge is 2.36. The number of rotatable bonds is 2. The summed E-state index contributed by atoms with van der Waals surface area (Å²) >= 11 is 2.19. The molecule has 1 saturated carbocycles. The van der Waals surface area contributed by atoms with E-state index in [0.29, 0.717) is 17.4 Å². The van der Waals surface area contributed by atoms with Gasteiger partial charge >= 0.3 is 0 Å². The molecule has 0 aromatic heterocycles. The van der Waals surface area contributed by atoms with Gasteiger partial charge in [0.2, 0.25) is 0 Å². The Balaban J connectivity index is 2.11. The van der Waals surface area contributed by atoms with Crippen LogP contribution < -0.4 is 5.32 Å². The lowest BCUT2D eigenvalue weighted by Gasteiger charge is -2.20. The first-order valence-corrected chi connectivity index (χ1v) is 7.17. The molecule has 0 saturated heterocycles. The lowest BCUT2D eigenvalue weighted by atomic mass is 9.91. The summed E-state index contributed by atoms with van der Waals surface area (Å²) in [6, 6.07) is 5.45. The molecule has 0 aliphatic heterocycles. The van der Waals surface area contributed by atoms with Gasteiger partial charge in [-0.3, -0.25) is 0 Å². The second-order valence-corrected chi connectivity index (χ2v) is 7.09. The molecule has 2 rings (SSSR count). The highest BCUT2D eigenvalue weighted by atomic mass is 127. The molecule has 2 unspecified atom stereocenters. The quantitative estimate of drug-likeness (QED) is 0.767. The van der Waals surface area contributed by atoms with E-state index >= 15 is 0 Å². The molecule has 1 nitrogen and oxygen atoms in total. The fourth-order valence-corrected chi connectivity index (χ4v) is 3.53. The van der Waals surface area contributed by atoms with Crippen molar-refractivity contribution in [3.63, 3.8) is 0 Å². The fraction of sp³-hybridized carbons (Fsp3) is 0.571. The lowest BCUT2D eigenvalue weighted by molar-refractivity contribution is 0.366. The van der Waals surface area contributed by atoms with Crippen LogP contribution in [0.4, 0.5) is 10.1 Å². The van der Waals surface area contributed by atoms with Crippen LogP contribution in [0.3, 0.4) is 0 Å². The Hall–Kier alpha value is -0.320. The van der Waals surface area contributed by atoms with Crippen LogP contribution in [0.5, 0.6) is 0 Å². The Morgan fingerprint density at radius 2 is 2.06 bits per heavy atom. The van der Waals surface area contributed by atoms with Crippen molar-refractivity contribution < 1.29 is 4.39 Å². The first-order chi connectivity index (χ1) is 7.87. The summed E-state index contributed by atoms with van der Waals surface area (Å²) in [7, 11) is 0. The summed E-state index contributed by atoms with van der Waals surface area (Å²) in [5.74, 6) is 0.505. The number of halogens is 2. The van der Waals surface area contributed by atoms with Crippen LogP contribution in [-0.2, 0) is 0 Å². The number of hydrogen-bond donors (Lipinski definition) is 1. The number of hydrogen-bond acceptors (Lipinski definition) is 1. The zero-order valence-corrected chi connectivity index (χ0v) is 12.7. The van der Waals surface area contributed by atoms with Gasteiger partial charge in [0.1, 0.15) is 5.82 Å². The molecular weight excluding hydrogens is 328 g/mol. The zero-order valence-electron chi connectivity index (χ0n) is 10.6. The van der Waals surface area contributed by atoms with Gasteiger partial charge in [-0.15, -0.1) is 0 Å². The summed E-state index contributed by atoms with van der Waals surface area (Å²) in [6.45, 7) is 6.93. The Kier molecular flexibility index (Phi) is 3.66. The van der Waals surface area contributed by atoms with Crippen LogP contribution in [0.25, 0.3) is 0 Å². The van der Waals surface area contributed by atoms with Crippen molar-refractivity contribution in [1.29, 1.82) is 0 Å². The molecule has 1 fully saturated rings. The first-order valence-electron chi connectivity index (χ1n) is 6.09. The molecule has 17 heavy (non-hydrogen) atoms. The van der Waals surface area contributed by atoms with Crippen LogP contribution in [0.2, 0.25) is 0 Å². The van der Waals surface area contributed by atoms with E-state index in [2.05, 4.69) is 48.7 Å². The number of nitrogens with one attached hydrogen (secondary N) is 1. The number of anilines is 1. The van der Waals surface area contributed by atoms with E-state index in [1.165, 1.54) is 18.9 Å². The van der Waals surface area contributed by atoms with Crippen molar-refractivity contribution in [2.45, 2.75) is 39.7 Å². The van der Waals surface area contributed by atoms with Crippen molar-refractivity contribution in [3.8, 4) is 0 Å². The van der Waals surface area contributed by atoms with Gasteiger partial charge in [-0.2, -0.15) is 0 Å². The maximum atomic E-state index is 13.0. The molecule has 2 atom stereocenters. The van der Waals surface area contributed by atoms with Gasteiger partial charge in [-0.25, -0.2) is 4.39 Å². The maximum Gasteiger partial charge on any atom is 0.124 e. The average Bonchev–Trinajstić information content (AvgIpc) is 2.44. The molecule has 1 aromatic rings. The summed E-state index contributed by atoms with van der Waals surface area (Å²) in [6.07, 6.45) is 2.43. The highest BCUT2D eigenvalue weighted by molar-refractivity contribution is 14.1. The Morgan fingerprint density at radius 1 is 1.35 bits per heavy atom. The second kappa shape index (κ2) is 4.75. The SMILES string of the molecule is CC1CC(C)(C)CC1Nc1ccc(F)cc1I. The van der Waals surface area contributed by atoms with E-state index in [-0.39, 0.29) is 5.82 Å². The first kappa shape index (κ1) is 13.1. The minimum absolute atomic E-state index is 0.167. The van der Waals surface area contributed by atoms with Gasteiger partial charge in [-0.1, -0.05) is 20.8 Å². The standard InChI is InChI=1S/C14H19FIN/c1-9-7-14(2,3)8-13(9)17-12-5-4-10(15)6-11(12)16/h4-6,9,13,17H,7-8H2,1-3H3. The van der Waals surface area contributed by atoms with Crippen LogP contribution >= 0.6 is 22.6 Å². The van der Waals surface area contributed by atoms with Crippen molar-refractivity contribution >= 4 is 28.3 Å². The summed E-state index contributed by atoms with van der Waals surface area (Å²) in [5.41, 5.74) is 1.48. The minimum Gasteiger partial charge on any atom is -0.381 e. The summed E-state index contributed by atoms with van der Waals surface area (Å²) in [5, 5.41) is 3.57. The van der Waals surface area contributed by atoms with Gasteiger partial charge in [0.05, 0.1) is 0 Å². The topological polar surface area (TPSA) is 12.0 Å². The van der Waals surface area contributed by atoms with E-state index < -0.39 is 0 Å². The van der Waals surface area contributed by atoms with Gasteiger partial charge in [-0.05, 0) is 65.0 Å². The van der Waals surface area contributed by atoms with E-state index in [9.17, 15) is 4.39 Å². The van der Waals surface area contributed by atoms with Crippen LogP contribution in [0.15, 0.2) is 18.2 Å². The van der Waals surface area contributed by atoms with Gasteiger partial charge in [0, 0.05) is 15.3 Å². The van der Waals surface area contributed by atoms with Crippen LogP contribution in [-0.4, -0.2) is 6.04 Å². The molecule has 1 aliphatic carbocycles. The lowest BCUT2D eigenvalue weighted by Crippen LogP contribution is -2.23. The minimum atomic E-state index is -0.167. The van der Waals surface area contributed by atoms with Gasteiger partial charge in [0.15, 0.2) is 0 Å². The largest absolute Gasteiger partial charge is 0.381 e. The third-order valence-corrected chi connectivity index (χ3v) is 4.50. The Morgan fingerprint density at radius 3 is 2.59 bits per heavy atom. The molecule has 1 aromatic carbocycles. The molecule has 0 heterocycles. The number of benzene rings is 1. The van der Waals surface area contributed by atoms with Crippen molar-refractivity contribution in [2.75, 3.05) is 5.32 Å². The fourth-order valence-electron chi connectivity index (χ4n) is 2.89. The molecule has 0 amide bonds.